The number of carbonyl (C=O) groups is 2. The number of likely N-dealkylation sites (tertiary alicyclic amines) is 2. The van der Waals surface area contributed by atoms with Crippen molar-refractivity contribution in [3.05, 3.63) is 41.3 Å². The molecule has 147 valence electrons. The molecule has 0 aromatic heterocycles. The monoisotopic (exact) mass is 370 g/mol. The second-order valence-corrected chi connectivity index (χ2v) is 8.15. The summed E-state index contributed by atoms with van der Waals surface area (Å²) in [7, 11) is 0. The van der Waals surface area contributed by atoms with Gasteiger partial charge in [-0.3, -0.25) is 4.79 Å². The van der Waals surface area contributed by atoms with E-state index in [2.05, 4.69) is 32.0 Å². The van der Waals surface area contributed by atoms with E-state index in [1.165, 1.54) is 16.7 Å². The number of piperidine rings is 2. The molecule has 3 rings (SSSR count). The number of benzene rings is 1. The molecule has 2 aliphatic heterocycles. The van der Waals surface area contributed by atoms with Gasteiger partial charge in [0.2, 0.25) is 5.91 Å². The molecule has 5 nitrogen and oxygen atoms in total. The Morgan fingerprint density at radius 2 is 1.52 bits per heavy atom. The van der Waals surface area contributed by atoms with Crippen LogP contribution >= 0.6 is 0 Å². The predicted octanol–water partition coefficient (Wildman–Crippen LogP) is 3.08. The van der Waals surface area contributed by atoms with E-state index in [0.717, 1.165) is 51.9 Å². The predicted molar refractivity (Wildman–Crippen MR) is 107 cm³/mol. The van der Waals surface area contributed by atoms with Crippen LogP contribution < -0.4 is 5.73 Å². The minimum Gasteiger partial charge on any atom is -0.351 e. The third-order valence-electron chi connectivity index (χ3n) is 6.45. The van der Waals surface area contributed by atoms with Crippen LogP contribution in [-0.4, -0.2) is 47.9 Å². The van der Waals surface area contributed by atoms with E-state index < -0.39 is 0 Å². The van der Waals surface area contributed by atoms with Crippen molar-refractivity contribution < 1.29 is 9.59 Å². The zero-order valence-corrected chi connectivity index (χ0v) is 16.6. The van der Waals surface area contributed by atoms with Crippen molar-refractivity contribution in [2.45, 2.75) is 46.0 Å². The second kappa shape index (κ2) is 8.77. The van der Waals surface area contributed by atoms with E-state index in [9.17, 15) is 9.59 Å². The highest BCUT2D eigenvalue weighted by Gasteiger charge is 2.31. The van der Waals surface area contributed by atoms with E-state index in [1.807, 2.05) is 11.3 Å². The van der Waals surface area contributed by atoms with Gasteiger partial charge >= 0.3 is 6.03 Å². The van der Waals surface area contributed by atoms with Crippen LogP contribution in [0.5, 0.6) is 0 Å². The highest BCUT2D eigenvalue weighted by molar-refractivity contribution is 5.85. The van der Waals surface area contributed by atoms with E-state index in [1.54, 1.807) is 4.90 Å². The molecule has 0 unspecified atom stereocenters. The fraction of sp³-hybridized carbons (Fsp3) is 0.591. The van der Waals surface area contributed by atoms with Crippen LogP contribution in [-0.2, 0) is 11.2 Å². The van der Waals surface area contributed by atoms with Crippen molar-refractivity contribution in [3.63, 3.8) is 0 Å². The molecule has 0 atom stereocenters. The van der Waals surface area contributed by atoms with Crippen molar-refractivity contribution in [3.8, 4) is 0 Å². The molecule has 2 saturated heterocycles. The van der Waals surface area contributed by atoms with E-state index in [-0.39, 0.29) is 11.9 Å². The molecule has 1 aromatic carbocycles. The maximum absolute atomic E-state index is 12.5. The third kappa shape index (κ3) is 5.02. The van der Waals surface area contributed by atoms with E-state index in [4.69, 9.17) is 5.73 Å². The Hall–Kier alpha value is -2.04. The van der Waals surface area contributed by atoms with Crippen LogP contribution in [0.4, 0.5) is 4.79 Å². The average molecular weight is 371 g/mol. The Morgan fingerprint density at radius 3 is 2.04 bits per heavy atom. The van der Waals surface area contributed by atoms with Crippen molar-refractivity contribution in [2.75, 3.05) is 26.2 Å². The summed E-state index contributed by atoms with van der Waals surface area (Å²) in [5, 5.41) is 0. The number of carbonyl (C=O) groups excluding carboxylic acids is 2. The molecule has 2 aliphatic rings. The number of amides is 3. The van der Waals surface area contributed by atoms with Crippen LogP contribution in [0.25, 0.3) is 0 Å². The molecule has 0 bridgehead atoms. The Kier molecular flexibility index (Phi) is 6.40. The Bertz CT molecular complexity index is 672. The van der Waals surface area contributed by atoms with Crippen molar-refractivity contribution >= 4 is 11.9 Å². The first-order valence-electron chi connectivity index (χ1n) is 10.2. The molecular formula is C22H32N3O2. The summed E-state index contributed by atoms with van der Waals surface area (Å²) in [6.07, 6.45) is 6.76. The molecule has 0 spiro atoms. The first-order chi connectivity index (χ1) is 12.9. The van der Waals surface area contributed by atoms with Gasteiger partial charge in [-0.15, -0.1) is 0 Å². The van der Waals surface area contributed by atoms with Gasteiger partial charge in [-0.1, -0.05) is 18.2 Å². The standard InChI is InChI=1S/C22H32N3O2/c1-16-3-4-18(15-17(16)2)5-6-21(26)24-11-7-19(8-12-24)20-9-13-25(14-10-20)22(23)27/h3-4,6,15,19-20H,5,7-14H2,1-2H3,(H2,23,27). The number of rotatable bonds is 4. The van der Waals surface area contributed by atoms with Gasteiger partial charge in [-0.05, 0) is 74.5 Å². The van der Waals surface area contributed by atoms with Crippen molar-refractivity contribution in [1.29, 1.82) is 0 Å². The van der Waals surface area contributed by atoms with Gasteiger partial charge in [0.1, 0.15) is 0 Å². The van der Waals surface area contributed by atoms with Crippen molar-refractivity contribution in [1.82, 2.24) is 9.80 Å². The quantitative estimate of drug-likeness (QED) is 0.885. The molecule has 0 saturated carbocycles. The minimum absolute atomic E-state index is 0.162. The summed E-state index contributed by atoms with van der Waals surface area (Å²) in [5.74, 6) is 1.50. The van der Waals surface area contributed by atoms with Gasteiger partial charge in [0.15, 0.2) is 0 Å². The first-order valence-corrected chi connectivity index (χ1v) is 10.2. The maximum Gasteiger partial charge on any atom is 0.314 e. The van der Waals surface area contributed by atoms with Crippen LogP contribution in [0.1, 0.15) is 42.4 Å². The summed E-state index contributed by atoms with van der Waals surface area (Å²) in [6.45, 7) is 7.48. The van der Waals surface area contributed by atoms with Crippen LogP contribution in [0.3, 0.4) is 0 Å². The van der Waals surface area contributed by atoms with E-state index in [0.29, 0.717) is 18.3 Å². The highest BCUT2D eigenvalue weighted by atomic mass is 16.2. The number of hydrogen-bond acceptors (Lipinski definition) is 2. The topological polar surface area (TPSA) is 66.6 Å². The lowest BCUT2D eigenvalue weighted by molar-refractivity contribution is -0.129. The molecule has 0 aliphatic carbocycles. The number of nitrogens with two attached hydrogens (primary N) is 1. The van der Waals surface area contributed by atoms with Gasteiger partial charge in [-0.2, -0.15) is 0 Å². The smallest absolute Gasteiger partial charge is 0.314 e. The molecule has 3 amide bonds. The van der Waals surface area contributed by atoms with Crippen molar-refractivity contribution in [2.24, 2.45) is 17.6 Å². The first kappa shape index (κ1) is 19.7. The molecule has 1 aromatic rings. The van der Waals surface area contributed by atoms with Gasteiger partial charge in [0, 0.05) is 26.2 Å². The number of nitrogens with zero attached hydrogens (tertiary/aromatic N) is 2. The lowest BCUT2D eigenvalue weighted by Crippen LogP contribution is -2.45. The maximum atomic E-state index is 12.5. The summed E-state index contributed by atoms with van der Waals surface area (Å²) < 4.78 is 0. The zero-order chi connectivity index (χ0) is 19.4. The molecular weight excluding hydrogens is 338 g/mol. The van der Waals surface area contributed by atoms with Gasteiger partial charge < -0.3 is 15.5 Å². The summed E-state index contributed by atoms with van der Waals surface area (Å²) in [6, 6.07) is 6.10. The molecule has 2 heterocycles. The Morgan fingerprint density at radius 1 is 0.963 bits per heavy atom. The van der Waals surface area contributed by atoms with E-state index >= 15 is 0 Å². The average Bonchev–Trinajstić information content (AvgIpc) is 2.69. The molecule has 5 heteroatoms. The fourth-order valence-electron chi connectivity index (χ4n) is 4.45. The molecule has 27 heavy (non-hydrogen) atoms. The SMILES string of the molecule is Cc1ccc(C[CH]C(=O)N2CCC(C3CCN(C(N)=O)CC3)CC2)cc1C. The summed E-state index contributed by atoms with van der Waals surface area (Å²) in [4.78, 5) is 27.5. The third-order valence-corrected chi connectivity index (χ3v) is 6.45. The van der Waals surface area contributed by atoms with Gasteiger partial charge in [-0.25, -0.2) is 4.79 Å². The van der Waals surface area contributed by atoms with Gasteiger partial charge in [0.05, 0.1) is 6.42 Å². The Labute approximate surface area is 162 Å². The summed E-state index contributed by atoms with van der Waals surface area (Å²) >= 11 is 0. The number of primary amides is 1. The van der Waals surface area contributed by atoms with Gasteiger partial charge in [0.25, 0.3) is 0 Å². The summed E-state index contributed by atoms with van der Waals surface area (Å²) in [5.41, 5.74) is 9.13. The fourth-order valence-corrected chi connectivity index (χ4v) is 4.45. The highest BCUT2D eigenvalue weighted by Crippen LogP contribution is 2.32. The second-order valence-electron chi connectivity index (χ2n) is 8.15. The minimum atomic E-state index is -0.298. The Balaban J connectivity index is 1.41. The largest absolute Gasteiger partial charge is 0.351 e. The van der Waals surface area contributed by atoms with Crippen LogP contribution in [0, 0.1) is 32.1 Å². The number of hydrogen-bond donors (Lipinski definition) is 1. The molecule has 1 radical (unpaired) electrons. The normalized spacial score (nSPS) is 19.3. The molecule has 2 fully saturated rings. The lowest BCUT2D eigenvalue weighted by Gasteiger charge is -2.39. The zero-order valence-electron chi connectivity index (χ0n) is 16.6. The van der Waals surface area contributed by atoms with Crippen LogP contribution in [0.2, 0.25) is 0 Å². The number of aryl methyl sites for hydroxylation is 2. The lowest BCUT2D eigenvalue weighted by atomic mass is 9.79. The molecule has 2 N–H and O–H groups in total. The number of urea groups is 1. The van der Waals surface area contributed by atoms with Crippen LogP contribution in [0.15, 0.2) is 18.2 Å².